The van der Waals surface area contributed by atoms with Gasteiger partial charge in [-0.25, -0.2) is 18.6 Å². The molecule has 1 aliphatic heterocycles. The van der Waals surface area contributed by atoms with Crippen molar-refractivity contribution in [3.8, 4) is 11.5 Å². The van der Waals surface area contributed by atoms with Crippen LogP contribution in [0.1, 0.15) is 18.1 Å². The zero-order valence-electron chi connectivity index (χ0n) is 14.4. The van der Waals surface area contributed by atoms with Gasteiger partial charge in [0.15, 0.2) is 17.2 Å². The van der Waals surface area contributed by atoms with Crippen LogP contribution in [0.15, 0.2) is 45.5 Å². The maximum Gasteiger partial charge on any atom is 0.363 e. The summed E-state index contributed by atoms with van der Waals surface area (Å²) in [6.07, 6.45) is 1.48. The van der Waals surface area contributed by atoms with E-state index in [-0.39, 0.29) is 17.2 Å². The monoisotopic (exact) mass is 437 g/mol. The minimum atomic E-state index is -0.867. The number of hydrogen-bond donors (Lipinski definition) is 0. The molecule has 0 saturated carbocycles. The largest absolute Gasteiger partial charge is 0.492 e. The molecule has 1 aliphatic rings. The van der Waals surface area contributed by atoms with Gasteiger partial charge in [0.25, 0.3) is 0 Å². The van der Waals surface area contributed by atoms with Gasteiger partial charge in [-0.05, 0) is 58.8 Å². The molecule has 2 aromatic rings. The van der Waals surface area contributed by atoms with Crippen molar-refractivity contribution in [3.63, 3.8) is 0 Å². The van der Waals surface area contributed by atoms with Crippen LogP contribution >= 0.6 is 15.9 Å². The highest BCUT2D eigenvalue weighted by molar-refractivity contribution is 9.10. The highest BCUT2D eigenvalue weighted by atomic mass is 79.9. The summed E-state index contributed by atoms with van der Waals surface area (Å²) < 4.78 is 43.4. The highest BCUT2D eigenvalue weighted by Crippen LogP contribution is 2.37. The van der Waals surface area contributed by atoms with Crippen LogP contribution in [0.5, 0.6) is 11.5 Å². The Morgan fingerprint density at radius 2 is 2.04 bits per heavy atom. The standard InChI is InChI=1S/C19H14BrF2NO4/c1-3-26-16-8-10(6-13(20)17(16)25-2)7-15-19(24)27-18(23-15)12-5-4-11(21)9-14(12)22/h4-9H,3H2,1-2H3/b15-7-. The smallest absolute Gasteiger partial charge is 0.363 e. The lowest BCUT2D eigenvalue weighted by Crippen LogP contribution is -2.07. The number of cyclic esters (lactones) is 1. The molecule has 8 heteroatoms. The van der Waals surface area contributed by atoms with Gasteiger partial charge in [-0.2, -0.15) is 0 Å². The van der Waals surface area contributed by atoms with Crippen LogP contribution in [0, 0.1) is 11.6 Å². The molecule has 0 spiro atoms. The second-order valence-corrected chi connectivity index (χ2v) is 6.28. The van der Waals surface area contributed by atoms with E-state index >= 15 is 0 Å². The van der Waals surface area contributed by atoms with Gasteiger partial charge in [0, 0.05) is 6.07 Å². The predicted molar refractivity (Wildman–Crippen MR) is 98.8 cm³/mol. The van der Waals surface area contributed by atoms with E-state index in [1.165, 1.54) is 13.2 Å². The molecule has 0 saturated heterocycles. The normalized spacial score (nSPS) is 14.9. The molecule has 1 heterocycles. The Morgan fingerprint density at radius 1 is 1.26 bits per heavy atom. The summed E-state index contributed by atoms with van der Waals surface area (Å²) in [5, 5.41) is 0. The lowest BCUT2D eigenvalue weighted by atomic mass is 10.1. The molecular formula is C19H14BrF2NO4. The van der Waals surface area contributed by atoms with E-state index in [9.17, 15) is 13.6 Å². The van der Waals surface area contributed by atoms with E-state index in [2.05, 4.69) is 20.9 Å². The molecule has 27 heavy (non-hydrogen) atoms. The van der Waals surface area contributed by atoms with Crippen LogP contribution in [-0.4, -0.2) is 25.6 Å². The molecule has 0 aliphatic carbocycles. The number of hydrogen-bond acceptors (Lipinski definition) is 5. The molecule has 0 fully saturated rings. The molecule has 0 unspecified atom stereocenters. The number of esters is 1. The molecule has 140 valence electrons. The number of benzene rings is 2. The van der Waals surface area contributed by atoms with Crippen LogP contribution in [0.2, 0.25) is 0 Å². The highest BCUT2D eigenvalue weighted by Gasteiger charge is 2.26. The van der Waals surface area contributed by atoms with E-state index in [1.807, 2.05) is 6.92 Å². The molecule has 2 aromatic carbocycles. The van der Waals surface area contributed by atoms with Crippen LogP contribution < -0.4 is 9.47 Å². The minimum Gasteiger partial charge on any atom is -0.492 e. The van der Waals surface area contributed by atoms with E-state index in [1.54, 1.807) is 12.1 Å². The van der Waals surface area contributed by atoms with Crippen LogP contribution in [0.25, 0.3) is 6.08 Å². The fourth-order valence-corrected chi connectivity index (χ4v) is 3.10. The van der Waals surface area contributed by atoms with Gasteiger partial charge in [0.2, 0.25) is 5.90 Å². The topological polar surface area (TPSA) is 57.1 Å². The SMILES string of the molecule is CCOc1cc(/C=C2\N=C(c3ccc(F)cc3F)OC2=O)cc(Br)c1OC. The fraction of sp³-hybridized carbons (Fsp3) is 0.158. The molecular weight excluding hydrogens is 424 g/mol. The van der Waals surface area contributed by atoms with Crippen molar-refractivity contribution in [3.05, 3.63) is 63.3 Å². The Morgan fingerprint density at radius 3 is 2.70 bits per heavy atom. The summed E-state index contributed by atoms with van der Waals surface area (Å²) in [7, 11) is 1.52. The Hall–Kier alpha value is -2.74. The van der Waals surface area contributed by atoms with Crippen LogP contribution in [0.4, 0.5) is 8.78 Å². The Balaban J connectivity index is 1.99. The van der Waals surface area contributed by atoms with Crippen molar-refractivity contribution < 1.29 is 27.8 Å². The number of halogens is 3. The summed E-state index contributed by atoms with van der Waals surface area (Å²) in [6, 6.07) is 6.32. The number of ether oxygens (including phenoxy) is 3. The van der Waals surface area contributed by atoms with Gasteiger partial charge in [0.1, 0.15) is 11.6 Å². The first kappa shape index (κ1) is 19.0. The zero-order chi connectivity index (χ0) is 19.6. The fourth-order valence-electron chi connectivity index (χ4n) is 2.48. The molecule has 0 N–H and O–H groups in total. The maximum atomic E-state index is 13.9. The minimum absolute atomic E-state index is 0.0201. The summed E-state index contributed by atoms with van der Waals surface area (Å²) in [5.41, 5.74) is 0.481. The summed E-state index contributed by atoms with van der Waals surface area (Å²) >= 11 is 3.39. The van der Waals surface area contributed by atoms with E-state index < -0.39 is 17.6 Å². The summed E-state index contributed by atoms with van der Waals surface area (Å²) in [6.45, 7) is 2.26. The summed E-state index contributed by atoms with van der Waals surface area (Å²) in [5.74, 6) is -1.55. The van der Waals surface area contributed by atoms with E-state index in [0.29, 0.717) is 34.2 Å². The Bertz CT molecular complexity index is 972. The Labute approximate surface area is 162 Å². The first-order valence-electron chi connectivity index (χ1n) is 7.91. The second kappa shape index (κ2) is 7.87. The molecule has 0 aromatic heterocycles. The lowest BCUT2D eigenvalue weighted by molar-refractivity contribution is -0.129. The van der Waals surface area contributed by atoms with E-state index in [4.69, 9.17) is 14.2 Å². The first-order chi connectivity index (χ1) is 12.9. The van der Waals surface area contributed by atoms with Crippen molar-refractivity contribution in [2.24, 2.45) is 4.99 Å². The maximum absolute atomic E-state index is 13.9. The van der Waals surface area contributed by atoms with Gasteiger partial charge in [-0.1, -0.05) is 0 Å². The number of methoxy groups -OCH3 is 1. The summed E-state index contributed by atoms with van der Waals surface area (Å²) in [4.78, 5) is 16.1. The third kappa shape index (κ3) is 4.00. The second-order valence-electron chi connectivity index (χ2n) is 5.43. The molecule has 0 bridgehead atoms. The number of rotatable bonds is 5. The molecule has 5 nitrogen and oxygen atoms in total. The van der Waals surface area contributed by atoms with Gasteiger partial charge in [0.05, 0.1) is 23.8 Å². The third-order valence-electron chi connectivity index (χ3n) is 3.62. The number of carbonyl (C=O) groups is 1. The van der Waals surface area contributed by atoms with Crippen LogP contribution in [-0.2, 0) is 9.53 Å². The molecule has 0 amide bonds. The zero-order valence-corrected chi connectivity index (χ0v) is 16.0. The number of nitrogens with zero attached hydrogens (tertiary/aromatic N) is 1. The first-order valence-corrected chi connectivity index (χ1v) is 8.70. The quantitative estimate of drug-likeness (QED) is 0.511. The average molecular weight is 438 g/mol. The van der Waals surface area contributed by atoms with Crippen molar-refractivity contribution in [2.45, 2.75) is 6.92 Å². The predicted octanol–water partition coefficient (Wildman–Crippen LogP) is 4.48. The van der Waals surface area contributed by atoms with Crippen molar-refractivity contribution in [1.82, 2.24) is 0 Å². The van der Waals surface area contributed by atoms with Crippen molar-refractivity contribution in [1.29, 1.82) is 0 Å². The van der Waals surface area contributed by atoms with Gasteiger partial charge in [-0.3, -0.25) is 0 Å². The lowest BCUT2D eigenvalue weighted by Gasteiger charge is -2.12. The van der Waals surface area contributed by atoms with Gasteiger partial charge in [-0.15, -0.1) is 0 Å². The number of carbonyl (C=O) groups excluding carboxylic acids is 1. The Kier molecular flexibility index (Phi) is 5.55. The number of aliphatic imine (C=N–C) groups is 1. The average Bonchev–Trinajstić information content (AvgIpc) is 2.95. The van der Waals surface area contributed by atoms with Gasteiger partial charge >= 0.3 is 5.97 Å². The van der Waals surface area contributed by atoms with Crippen LogP contribution in [0.3, 0.4) is 0 Å². The molecule has 0 atom stereocenters. The third-order valence-corrected chi connectivity index (χ3v) is 4.21. The molecule has 3 rings (SSSR count). The van der Waals surface area contributed by atoms with Gasteiger partial charge < -0.3 is 14.2 Å². The van der Waals surface area contributed by atoms with Crippen molar-refractivity contribution >= 4 is 33.9 Å². The van der Waals surface area contributed by atoms with Crippen molar-refractivity contribution in [2.75, 3.05) is 13.7 Å². The van der Waals surface area contributed by atoms with E-state index in [0.717, 1.165) is 12.1 Å². The molecule has 0 radical (unpaired) electrons.